The van der Waals surface area contributed by atoms with Crippen LogP contribution in [0, 0.1) is 16.7 Å². The second-order valence-corrected chi connectivity index (χ2v) is 15.0. The Bertz CT molecular complexity index is 715. The van der Waals surface area contributed by atoms with Crippen molar-refractivity contribution in [3.8, 4) is 0 Å². The predicted molar refractivity (Wildman–Crippen MR) is 106 cm³/mol. The quantitative estimate of drug-likeness (QED) is 0.416. The molecule has 6 heteroatoms. The summed E-state index contributed by atoms with van der Waals surface area (Å²) in [5, 5.41) is 31.2. The zero-order valence-corrected chi connectivity index (χ0v) is 17.3. The molecule has 2 saturated heterocycles. The molecule has 5 nitrogen and oxygen atoms in total. The van der Waals surface area contributed by atoms with Gasteiger partial charge in [-0.25, -0.2) is 0 Å². The standard InChI is InChI=1S/C20H27IO5/c1-19-5-3-12(23)7-11(19)4-6-21-16-8-13(24)17(15(26)10-22)20(16,2)9-14(25)18(19)21/h3,5,7,13-14,16-18,22,24-25H,4,6,8-10H2,1-2H3/t13-,14?,16?,17?,18?,19?,20?/m1/s1. The Morgan fingerprint density at radius 1 is 1.31 bits per heavy atom. The number of aliphatic hydroxyl groups excluding tert-OH is 3. The number of halogens is 1. The molecular formula is C20H27IO5. The van der Waals surface area contributed by atoms with Gasteiger partial charge >= 0.3 is 161 Å². The van der Waals surface area contributed by atoms with Gasteiger partial charge < -0.3 is 0 Å². The van der Waals surface area contributed by atoms with Crippen molar-refractivity contribution in [2.24, 2.45) is 16.7 Å². The fourth-order valence-electron chi connectivity index (χ4n) is 6.03. The zero-order chi connectivity index (χ0) is 18.9. The van der Waals surface area contributed by atoms with Gasteiger partial charge in [-0.15, -0.1) is 0 Å². The first-order valence-electron chi connectivity index (χ1n) is 9.29. The fourth-order valence-corrected chi connectivity index (χ4v) is 16.8. The molecule has 0 aromatic rings. The Labute approximate surface area is 160 Å². The van der Waals surface area contributed by atoms with Gasteiger partial charge in [-0.1, -0.05) is 0 Å². The summed E-state index contributed by atoms with van der Waals surface area (Å²) in [5.74, 6) is -0.839. The van der Waals surface area contributed by atoms with E-state index in [4.69, 9.17) is 0 Å². The molecule has 2 aliphatic carbocycles. The molecular weight excluding hydrogens is 447 g/mol. The Hall–Kier alpha value is -0.570. The SMILES string of the molecule is CC12C=CC(=O)C=C1CCI1C2C(O)CC2(C)C(C(=O)CO)[C@H](O)CC12. The second kappa shape index (κ2) is 6.22. The molecule has 0 aromatic carbocycles. The van der Waals surface area contributed by atoms with E-state index in [2.05, 4.69) is 6.92 Å². The number of allylic oxidation sites excluding steroid dienone is 4. The Morgan fingerprint density at radius 3 is 2.73 bits per heavy atom. The minimum absolute atomic E-state index is 0.0276. The fraction of sp³-hybridized carbons (Fsp3) is 0.700. The van der Waals surface area contributed by atoms with Crippen molar-refractivity contribution in [1.82, 2.24) is 0 Å². The van der Waals surface area contributed by atoms with Gasteiger partial charge in [-0.05, 0) is 0 Å². The molecule has 3 N–H and O–H groups in total. The van der Waals surface area contributed by atoms with Gasteiger partial charge in [0.1, 0.15) is 0 Å². The predicted octanol–water partition coefficient (Wildman–Crippen LogP) is 1.42. The van der Waals surface area contributed by atoms with Crippen LogP contribution in [0.1, 0.15) is 33.1 Å². The topological polar surface area (TPSA) is 94.8 Å². The molecule has 0 spiro atoms. The van der Waals surface area contributed by atoms with E-state index in [0.717, 1.165) is 16.4 Å². The van der Waals surface area contributed by atoms with Crippen LogP contribution in [0.2, 0.25) is 0 Å². The molecule has 2 aliphatic heterocycles. The van der Waals surface area contributed by atoms with Gasteiger partial charge in [-0.3, -0.25) is 0 Å². The van der Waals surface area contributed by atoms with E-state index < -0.39 is 50.0 Å². The third kappa shape index (κ3) is 2.45. The van der Waals surface area contributed by atoms with Crippen LogP contribution in [0.4, 0.5) is 0 Å². The molecule has 6 unspecified atom stereocenters. The zero-order valence-electron chi connectivity index (χ0n) is 15.2. The average Bonchev–Trinajstić information content (AvgIpc) is 2.84. The van der Waals surface area contributed by atoms with E-state index >= 15 is 0 Å². The summed E-state index contributed by atoms with van der Waals surface area (Å²) in [6.45, 7) is 3.63. The first kappa shape index (κ1) is 18.8. The maximum absolute atomic E-state index is 12.3. The minimum atomic E-state index is -1.75. The molecule has 4 rings (SSSR count). The van der Waals surface area contributed by atoms with Crippen LogP contribution < -0.4 is 0 Å². The van der Waals surface area contributed by atoms with Gasteiger partial charge in [-0.2, -0.15) is 0 Å². The van der Waals surface area contributed by atoms with E-state index in [1.807, 2.05) is 13.0 Å². The van der Waals surface area contributed by atoms with Crippen LogP contribution in [-0.4, -0.2) is 58.0 Å². The summed E-state index contributed by atoms with van der Waals surface area (Å²) in [4.78, 5) is 24.2. The molecule has 0 bridgehead atoms. The van der Waals surface area contributed by atoms with Crippen molar-refractivity contribution in [3.63, 3.8) is 0 Å². The van der Waals surface area contributed by atoms with Crippen molar-refractivity contribution >= 4 is 31.4 Å². The number of hydrogen-bond donors (Lipinski definition) is 3. The van der Waals surface area contributed by atoms with E-state index in [1.165, 1.54) is 0 Å². The number of carbonyl (C=O) groups is 2. The molecule has 26 heavy (non-hydrogen) atoms. The van der Waals surface area contributed by atoms with Gasteiger partial charge in [0, 0.05) is 0 Å². The number of hydrogen-bond acceptors (Lipinski definition) is 5. The molecule has 144 valence electrons. The number of Topliss-reactive ketones (excluding diaryl/α,β-unsaturated/α-hetero) is 1. The van der Waals surface area contributed by atoms with Crippen LogP contribution in [0.15, 0.2) is 23.8 Å². The number of carbonyl (C=O) groups excluding carboxylic acids is 2. The van der Waals surface area contributed by atoms with Crippen LogP contribution in [0.25, 0.3) is 0 Å². The summed E-state index contributed by atoms with van der Waals surface area (Å²) >= 11 is -1.75. The Balaban J connectivity index is 1.74. The number of alkyl halides is 3. The van der Waals surface area contributed by atoms with Crippen molar-refractivity contribution in [1.29, 1.82) is 0 Å². The van der Waals surface area contributed by atoms with Crippen molar-refractivity contribution in [2.45, 2.75) is 53.2 Å². The van der Waals surface area contributed by atoms with Crippen LogP contribution in [0.5, 0.6) is 0 Å². The van der Waals surface area contributed by atoms with Crippen LogP contribution in [-0.2, 0) is 9.59 Å². The molecule has 0 amide bonds. The second-order valence-electron chi connectivity index (χ2n) is 8.61. The summed E-state index contributed by atoms with van der Waals surface area (Å²) in [5.41, 5.74) is 0.431. The van der Waals surface area contributed by atoms with E-state index in [-0.39, 0.29) is 20.9 Å². The molecule has 4 aliphatic rings. The summed E-state index contributed by atoms with van der Waals surface area (Å²) in [7, 11) is 0. The molecule has 0 radical (unpaired) electrons. The van der Waals surface area contributed by atoms with E-state index in [9.17, 15) is 24.9 Å². The first-order valence-corrected chi connectivity index (χ1v) is 13.3. The molecule has 1 saturated carbocycles. The van der Waals surface area contributed by atoms with Crippen LogP contribution in [0.3, 0.4) is 0 Å². The summed E-state index contributed by atoms with van der Waals surface area (Å²) < 4.78 is 1.45. The number of rotatable bonds is 2. The third-order valence-corrected chi connectivity index (χ3v) is 16.6. The average molecular weight is 474 g/mol. The van der Waals surface area contributed by atoms with Crippen molar-refractivity contribution < 1.29 is 24.9 Å². The Morgan fingerprint density at radius 2 is 2.04 bits per heavy atom. The van der Waals surface area contributed by atoms with Crippen molar-refractivity contribution in [3.05, 3.63) is 23.8 Å². The number of aliphatic hydroxyl groups is 3. The molecule has 0 aromatic heterocycles. The van der Waals surface area contributed by atoms with Gasteiger partial charge in [0.15, 0.2) is 0 Å². The molecule has 3 fully saturated rings. The van der Waals surface area contributed by atoms with Gasteiger partial charge in [0.2, 0.25) is 0 Å². The maximum atomic E-state index is 12.3. The van der Waals surface area contributed by atoms with E-state index in [0.29, 0.717) is 16.8 Å². The third-order valence-electron chi connectivity index (χ3n) is 7.15. The molecule has 7 atom stereocenters. The number of ketones is 2. The molecule has 2 heterocycles. The van der Waals surface area contributed by atoms with Gasteiger partial charge in [0.25, 0.3) is 0 Å². The monoisotopic (exact) mass is 474 g/mol. The first-order chi connectivity index (χ1) is 12.2. The summed E-state index contributed by atoms with van der Waals surface area (Å²) in [6.07, 6.45) is 6.08. The van der Waals surface area contributed by atoms with Crippen molar-refractivity contribution in [2.75, 3.05) is 11.0 Å². The van der Waals surface area contributed by atoms with E-state index in [1.54, 1.807) is 12.2 Å². The van der Waals surface area contributed by atoms with Gasteiger partial charge in [0.05, 0.1) is 0 Å². The normalized spacial score (nSPS) is 48.5. The number of fused-ring (bicyclic) bond motifs is 5. The summed E-state index contributed by atoms with van der Waals surface area (Å²) in [6, 6.07) is 0. The van der Waals surface area contributed by atoms with Crippen LogP contribution >= 0.6 is 19.8 Å². The Kier molecular flexibility index (Phi) is 4.49.